The summed E-state index contributed by atoms with van der Waals surface area (Å²) in [7, 11) is 0. The highest BCUT2D eigenvalue weighted by atomic mass is 127. The largest absolute Gasteiger partial charge is 0.325 e. The quantitative estimate of drug-likeness (QED) is 0.0930. The third-order valence-electron chi connectivity index (χ3n) is 5.86. The fourth-order valence-corrected chi connectivity index (χ4v) is 5.13. The number of amides is 3. The first kappa shape index (κ1) is 30.0. The highest BCUT2D eigenvalue weighted by Crippen LogP contribution is 2.29. The lowest BCUT2D eigenvalue weighted by Crippen LogP contribution is -2.30. The van der Waals surface area contributed by atoms with Gasteiger partial charge in [0.15, 0.2) is 0 Å². The molecule has 208 valence electrons. The van der Waals surface area contributed by atoms with E-state index >= 15 is 0 Å². The Bertz CT molecular complexity index is 1540. The molecule has 0 saturated heterocycles. The number of carbonyl (C=O) groups excluding carboxylic acids is 3. The van der Waals surface area contributed by atoms with Crippen molar-refractivity contribution in [1.29, 1.82) is 0 Å². The summed E-state index contributed by atoms with van der Waals surface area (Å²) in [6.07, 6.45) is 2.09. The fourth-order valence-electron chi connectivity index (χ4n) is 3.76. The topological polar surface area (TPSA) is 87.3 Å². The van der Waals surface area contributed by atoms with Crippen LogP contribution in [0.3, 0.4) is 0 Å². The molecule has 0 aliphatic heterocycles. The molecule has 4 rings (SSSR count). The minimum Gasteiger partial charge on any atom is -0.325 e. The third-order valence-corrected chi connectivity index (χ3v) is 7.93. The maximum absolute atomic E-state index is 13.4. The second-order valence-corrected chi connectivity index (χ2v) is 11.4. The summed E-state index contributed by atoms with van der Waals surface area (Å²) in [4.78, 5) is 39.9. The van der Waals surface area contributed by atoms with Crippen molar-refractivity contribution in [3.8, 4) is 0 Å². The molecule has 0 heterocycles. The van der Waals surface area contributed by atoms with E-state index in [0.717, 1.165) is 14.2 Å². The van der Waals surface area contributed by atoms with Gasteiger partial charge in [-0.1, -0.05) is 43.3 Å². The molecule has 0 radical (unpaired) electrons. The van der Waals surface area contributed by atoms with Crippen LogP contribution in [0, 0.1) is 9.39 Å². The van der Waals surface area contributed by atoms with Crippen LogP contribution in [0.1, 0.15) is 29.3 Å². The second kappa shape index (κ2) is 14.6. The number of benzene rings is 4. The molecule has 0 spiro atoms. The molecular formula is C32H27FIN3O3S. The minimum absolute atomic E-state index is 0.00754. The van der Waals surface area contributed by atoms with Crippen molar-refractivity contribution < 1.29 is 18.8 Å². The molecule has 1 unspecified atom stereocenters. The molecule has 9 heteroatoms. The Morgan fingerprint density at radius 1 is 0.854 bits per heavy atom. The van der Waals surface area contributed by atoms with Crippen LogP contribution in [-0.4, -0.2) is 23.0 Å². The smallest absolute Gasteiger partial charge is 0.272 e. The van der Waals surface area contributed by atoms with E-state index in [1.165, 1.54) is 42.1 Å². The van der Waals surface area contributed by atoms with Crippen molar-refractivity contribution in [2.75, 3.05) is 10.6 Å². The summed E-state index contributed by atoms with van der Waals surface area (Å²) in [5.74, 6) is -1.53. The first-order valence-electron chi connectivity index (χ1n) is 12.8. The van der Waals surface area contributed by atoms with Crippen molar-refractivity contribution in [3.05, 3.63) is 129 Å². The summed E-state index contributed by atoms with van der Waals surface area (Å²) in [5.41, 5.74) is 2.14. The van der Waals surface area contributed by atoms with Gasteiger partial charge in [0.05, 0.1) is 5.25 Å². The van der Waals surface area contributed by atoms with Gasteiger partial charge < -0.3 is 16.0 Å². The highest BCUT2D eigenvalue weighted by molar-refractivity contribution is 14.1. The van der Waals surface area contributed by atoms with Crippen LogP contribution in [0.2, 0.25) is 0 Å². The van der Waals surface area contributed by atoms with E-state index in [9.17, 15) is 18.8 Å². The van der Waals surface area contributed by atoms with Gasteiger partial charge in [0.1, 0.15) is 11.5 Å². The fraction of sp³-hybridized carbons (Fsp3) is 0.0938. The molecule has 3 N–H and O–H groups in total. The van der Waals surface area contributed by atoms with E-state index in [1.807, 2.05) is 37.3 Å². The van der Waals surface area contributed by atoms with Gasteiger partial charge in [-0.2, -0.15) is 0 Å². The normalized spacial score (nSPS) is 11.8. The van der Waals surface area contributed by atoms with Crippen LogP contribution in [-0.2, 0) is 9.59 Å². The number of halogens is 2. The average Bonchev–Trinajstić information content (AvgIpc) is 2.98. The van der Waals surface area contributed by atoms with Crippen molar-refractivity contribution in [2.24, 2.45) is 0 Å². The van der Waals surface area contributed by atoms with Gasteiger partial charge in [-0.25, -0.2) is 4.39 Å². The lowest BCUT2D eigenvalue weighted by Gasteiger charge is -2.16. The maximum atomic E-state index is 13.4. The molecule has 0 saturated carbocycles. The number of nitrogens with one attached hydrogen (secondary N) is 3. The van der Waals surface area contributed by atoms with Crippen molar-refractivity contribution in [3.63, 3.8) is 0 Å². The Labute approximate surface area is 256 Å². The Hall–Kier alpha value is -3.96. The van der Waals surface area contributed by atoms with Crippen molar-refractivity contribution in [2.45, 2.75) is 23.5 Å². The molecule has 0 fully saturated rings. The Morgan fingerprint density at radius 2 is 1.56 bits per heavy atom. The standard InChI is InChI=1S/C32H27FIN3O3S/c1-2-29(32(40)35-25-17-15-24(34)16-18-25)41-27-10-6-9-26(20-27)36-31(39)28(19-21-11-13-23(33)14-12-21)37-30(38)22-7-4-3-5-8-22/h3-20,29H,2H2,1H3,(H,35,40)(H,36,39)(H,37,38)/b28-19-. The van der Waals surface area contributed by atoms with Crippen LogP contribution in [0.15, 0.2) is 114 Å². The summed E-state index contributed by atoms with van der Waals surface area (Å²) < 4.78 is 14.5. The van der Waals surface area contributed by atoms with Crippen LogP contribution >= 0.6 is 34.4 Å². The summed E-state index contributed by atoms with van der Waals surface area (Å²) in [6, 6.07) is 28.8. The molecule has 0 aromatic heterocycles. The molecule has 6 nitrogen and oxygen atoms in total. The first-order valence-corrected chi connectivity index (χ1v) is 14.7. The van der Waals surface area contributed by atoms with Crippen LogP contribution in [0.5, 0.6) is 0 Å². The zero-order valence-electron chi connectivity index (χ0n) is 22.1. The molecule has 0 aliphatic rings. The third kappa shape index (κ3) is 9.02. The SMILES string of the molecule is CCC(Sc1cccc(NC(=O)/C(=C/c2ccc(F)cc2)NC(=O)c2ccccc2)c1)C(=O)Nc1ccc(I)cc1. The number of thioether (sulfide) groups is 1. The van der Waals surface area contributed by atoms with E-state index in [4.69, 9.17) is 0 Å². The Kier molecular flexibility index (Phi) is 10.7. The number of carbonyl (C=O) groups is 3. The Balaban J connectivity index is 1.49. The van der Waals surface area contributed by atoms with Gasteiger partial charge in [-0.15, -0.1) is 11.8 Å². The maximum Gasteiger partial charge on any atom is 0.272 e. The van der Waals surface area contributed by atoms with Crippen LogP contribution in [0.4, 0.5) is 15.8 Å². The molecule has 1 atom stereocenters. The zero-order chi connectivity index (χ0) is 29.2. The summed E-state index contributed by atoms with van der Waals surface area (Å²) >= 11 is 3.61. The number of rotatable bonds is 10. The average molecular weight is 680 g/mol. The molecular weight excluding hydrogens is 652 g/mol. The van der Waals surface area contributed by atoms with E-state index < -0.39 is 17.6 Å². The van der Waals surface area contributed by atoms with E-state index in [2.05, 4.69) is 38.5 Å². The molecule has 3 amide bonds. The second-order valence-electron chi connectivity index (χ2n) is 8.92. The molecule has 41 heavy (non-hydrogen) atoms. The van der Waals surface area contributed by atoms with Gasteiger partial charge in [-0.3, -0.25) is 14.4 Å². The Morgan fingerprint density at radius 3 is 2.24 bits per heavy atom. The monoisotopic (exact) mass is 679 g/mol. The number of hydrogen-bond acceptors (Lipinski definition) is 4. The van der Waals surface area contributed by atoms with Crippen LogP contribution in [0.25, 0.3) is 6.08 Å². The predicted molar refractivity (Wildman–Crippen MR) is 171 cm³/mol. The van der Waals surface area contributed by atoms with Crippen LogP contribution < -0.4 is 16.0 Å². The van der Waals surface area contributed by atoms with E-state index in [1.54, 1.807) is 48.5 Å². The lowest BCUT2D eigenvalue weighted by molar-refractivity contribution is -0.116. The highest BCUT2D eigenvalue weighted by Gasteiger charge is 2.19. The lowest BCUT2D eigenvalue weighted by atomic mass is 10.1. The van der Waals surface area contributed by atoms with E-state index in [0.29, 0.717) is 23.2 Å². The van der Waals surface area contributed by atoms with Gasteiger partial charge in [0, 0.05) is 25.4 Å². The van der Waals surface area contributed by atoms with Gasteiger partial charge in [0.2, 0.25) is 5.91 Å². The van der Waals surface area contributed by atoms with E-state index in [-0.39, 0.29) is 16.9 Å². The minimum atomic E-state index is -0.552. The van der Waals surface area contributed by atoms with Gasteiger partial charge in [0.25, 0.3) is 11.8 Å². The summed E-state index contributed by atoms with van der Waals surface area (Å²) in [5, 5.41) is 8.11. The molecule has 4 aromatic carbocycles. The first-order chi connectivity index (χ1) is 19.8. The number of hydrogen-bond donors (Lipinski definition) is 3. The zero-order valence-corrected chi connectivity index (χ0v) is 25.0. The summed E-state index contributed by atoms with van der Waals surface area (Å²) in [6.45, 7) is 1.94. The van der Waals surface area contributed by atoms with Gasteiger partial charge in [-0.05, 0) is 107 Å². The van der Waals surface area contributed by atoms with Crippen molar-refractivity contribution in [1.82, 2.24) is 5.32 Å². The molecule has 0 aliphatic carbocycles. The number of anilines is 2. The molecule has 0 bridgehead atoms. The predicted octanol–water partition coefficient (Wildman–Crippen LogP) is 7.35. The van der Waals surface area contributed by atoms with Gasteiger partial charge >= 0.3 is 0 Å². The molecule has 4 aromatic rings. The van der Waals surface area contributed by atoms with Crippen molar-refractivity contribution >= 4 is 69.5 Å².